The van der Waals surface area contributed by atoms with Crippen molar-refractivity contribution in [3.05, 3.63) is 29.8 Å². The average molecular weight is 389 g/mol. The SMILES string of the molecule is CO[C@@H]1O[C@H](COS(=O)(=O)c2ccc(C)cc2)[C@@H](O)[C@H](O)[C@@H]1NC(C)=O. The molecule has 0 radical (unpaired) electrons. The maximum atomic E-state index is 12.2. The molecule has 0 aliphatic carbocycles. The molecule has 1 saturated heterocycles. The number of methoxy groups -OCH3 is 1. The van der Waals surface area contributed by atoms with Gasteiger partial charge in [0.05, 0.1) is 11.5 Å². The summed E-state index contributed by atoms with van der Waals surface area (Å²) in [4.78, 5) is 11.2. The number of hydrogen-bond acceptors (Lipinski definition) is 8. The van der Waals surface area contributed by atoms with Crippen molar-refractivity contribution in [2.45, 2.75) is 49.4 Å². The Kier molecular flexibility index (Phi) is 6.72. The Bertz CT molecular complexity index is 718. The third kappa shape index (κ3) is 4.78. The highest BCUT2D eigenvalue weighted by Gasteiger charge is 2.45. The van der Waals surface area contributed by atoms with Crippen LogP contribution in [0.4, 0.5) is 0 Å². The minimum absolute atomic E-state index is 0.0339. The van der Waals surface area contributed by atoms with E-state index in [1.165, 1.54) is 26.2 Å². The van der Waals surface area contributed by atoms with Crippen molar-refractivity contribution >= 4 is 16.0 Å². The molecule has 3 N–H and O–H groups in total. The van der Waals surface area contributed by atoms with Crippen LogP contribution in [0.25, 0.3) is 0 Å². The quantitative estimate of drug-likeness (QED) is 0.544. The minimum atomic E-state index is -4.06. The lowest BCUT2D eigenvalue weighted by Gasteiger charge is -2.41. The standard InChI is InChI=1S/C16H23NO8S/c1-9-4-6-11(7-5-9)26(21,22)24-8-12-14(19)15(20)13(17-10(2)18)16(23-3)25-12/h4-7,12-16,19-20H,8H2,1-3H3,(H,17,18)/t12-,13+,14-,15-,16-/m1/s1. The molecular formula is C16H23NO8S. The molecule has 1 aromatic rings. The van der Waals surface area contributed by atoms with Crippen LogP contribution in [0.1, 0.15) is 12.5 Å². The number of carbonyl (C=O) groups excluding carboxylic acids is 1. The number of rotatable bonds is 6. The zero-order valence-electron chi connectivity index (χ0n) is 14.7. The van der Waals surface area contributed by atoms with E-state index < -0.39 is 53.3 Å². The largest absolute Gasteiger partial charge is 0.388 e. The second-order valence-corrected chi connectivity index (χ2v) is 7.65. The monoisotopic (exact) mass is 389 g/mol. The first-order chi connectivity index (χ1) is 12.2. The molecule has 1 aliphatic heterocycles. The lowest BCUT2D eigenvalue weighted by atomic mass is 9.97. The highest BCUT2D eigenvalue weighted by molar-refractivity contribution is 7.86. The van der Waals surface area contributed by atoms with Gasteiger partial charge in [0.25, 0.3) is 10.1 Å². The number of benzene rings is 1. The Morgan fingerprint density at radius 3 is 2.38 bits per heavy atom. The van der Waals surface area contributed by atoms with Crippen LogP contribution in [-0.2, 0) is 28.6 Å². The van der Waals surface area contributed by atoms with E-state index in [1.807, 2.05) is 6.92 Å². The summed E-state index contributed by atoms with van der Waals surface area (Å²) >= 11 is 0. The number of aliphatic hydroxyl groups excluding tert-OH is 2. The van der Waals surface area contributed by atoms with Gasteiger partial charge in [-0.2, -0.15) is 8.42 Å². The third-order valence-corrected chi connectivity index (χ3v) is 5.30. The van der Waals surface area contributed by atoms with Crippen molar-refractivity contribution in [1.82, 2.24) is 5.32 Å². The van der Waals surface area contributed by atoms with Crippen molar-refractivity contribution < 1.29 is 37.1 Å². The first kappa shape index (κ1) is 20.7. The molecule has 1 amide bonds. The molecule has 0 aromatic heterocycles. The summed E-state index contributed by atoms with van der Waals surface area (Å²) in [6.07, 6.45) is -5.15. The maximum Gasteiger partial charge on any atom is 0.297 e. The van der Waals surface area contributed by atoms with E-state index in [9.17, 15) is 23.4 Å². The van der Waals surface area contributed by atoms with Crippen LogP contribution >= 0.6 is 0 Å². The highest BCUT2D eigenvalue weighted by Crippen LogP contribution is 2.23. The van der Waals surface area contributed by atoms with Gasteiger partial charge in [0.15, 0.2) is 6.29 Å². The summed E-state index contributed by atoms with van der Waals surface area (Å²) in [5, 5.41) is 22.8. The molecule has 146 valence electrons. The Hall–Kier alpha value is -1.56. The zero-order chi connectivity index (χ0) is 19.5. The Balaban J connectivity index is 2.07. The summed E-state index contributed by atoms with van der Waals surface area (Å²) in [5.41, 5.74) is 0.894. The van der Waals surface area contributed by atoms with Crippen LogP contribution in [0.5, 0.6) is 0 Å². The van der Waals surface area contributed by atoms with Crippen molar-refractivity contribution in [3.8, 4) is 0 Å². The molecule has 2 rings (SSSR count). The van der Waals surface area contributed by atoms with Gasteiger partial charge in [0.2, 0.25) is 5.91 Å². The van der Waals surface area contributed by atoms with Gasteiger partial charge in [-0.25, -0.2) is 0 Å². The fourth-order valence-electron chi connectivity index (χ4n) is 2.59. The van der Waals surface area contributed by atoms with E-state index in [-0.39, 0.29) is 4.90 Å². The molecule has 0 saturated carbocycles. The van der Waals surface area contributed by atoms with Crippen molar-refractivity contribution in [1.29, 1.82) is 0 Å². The second-order valence-electron chi connectivity index (χ2n) is 6.04. The minimum Gasteiger partial charge on any atom is -0.388 e. The number of nitrogens with one attached hydrogen (secondary N) is 1. The number of hydrogen-bond donors (Lipinski definition) is 3. The van der Waals surface area contributed by atoms with Crippen LogP contribution in [0.15, 0.2) is 29.2 Å². The van der Waals surface area contributed by atoms with Crippen molar-refractivity contribution in [2.75, 3.05) is 13.7 Å². The first-order valence-corrected chi connectivity index (χ1v) is 9.34. The van der Waals surface area contributed by atoms with Gasteiger partial charge in [0, 0.05) is 14.0 Å². The number of amides is 1. The van der Waals surface area contributed by atoms with Gasteiger partial charge in [-0.15, -0.1) is 0 Å². The smallest absolute Gasteiger partial charge is 0.297 e. The predicted molar refractivity (Wildman–Crippen MR) is 89.6 cm³/mol. The number of carbonyl (C=O) groups is 1. The highest BCUT2D eigenvalue weighted by atomic mass is 32.2. The van der Waals surface area contributed by atoms with E-state index in [1.54, 1.807) is 12.1 Å². The van der Waals surface area contributed by atoms with Gasteiger partial charge in [0.1, 0.15) is 24.4 Å². The van der Waals surface area contributed by atoms with E-state index in [0.29, 0.717) is 0 Å². The number of aryl methyl sites for hydroxylation is 1. The second kappa shape index (κ2) is 8.42. The summed E-state index contributed by atoms with van der Waals surface area (Å²) in [6.45, 7) is 2.54. The third-order valence-electron chi connectivity index (χ3n) is 4.00. The van der Waals surface area contributed by atoms with Crippen LogP contribution < -0.4 is 5.32 Å². The van der Waals surface area contributed by atoms with E-state index in [4.69, 9.17) is 13.7 Å². The molecule has 5 atom stereocenters. The zero-order valence-corrected chi connectivity index (χ0v) is 15.5. The number of ether oxygens (including phenoxy) is 2. The lowest BCUT2D eigenvalue weighted by Crippen LogP contribution is -2.64. The predicted octanol–water partition coefficient (Wildman–Crippen LogP) is -0.702. The molecule has 1 fully saturated rings. The van der Waals surface area contributed by atoms with Crippen LogP contribution in [-0.4, -0.2) is 68.9 Å². The van der Waals surface area contributed by atoms with Crippen LogP contribution in [0.2, 0.25) is 0 Å². The Morgan fingerprint density at radius 1 is 1.23 bits per heavy atom. The molecular weight excluding hydrogens is 366 g/mol. The van der Waals surface area contributed by atoms with Crippen molar-refractivity contribution in [3.63, 3.8) is 0 Å². The molecule has 0 spiro atoms. The van der Waals surface area contributed by atoms with E-state index in [2.05, 4.69) is 5.32 Å². The Morgan fingerprint density at radius 2 is 1.85 bits per heavy atom. The molecule has 0 unspecified atom stereocenters. The summed E-state index contributed by atoms with van der Waals surface area (Å²) in [7, 11) is -2.76. The molecule has 1 aromatic carbocycles. The molecule has 1 aliphatic rings. The first-order valence-electron chi connectivity index (χ1n) is 7.93. The van der Waals surface area contributed by atoms with E-state index >= 15 is 0 Å². The summed E-state index contributed by atoms with van der Waals surface area (Å²) < 4.78 is 39.9. The number of aliphatic hydroxyl groups is 2. The van der Waals surface area contributed by atoms with Crippen molar-refractivity contribution in [2.24, 2.45) is 0 Å². The van der Waals surface area contributed by atoms with Gasteiger partial charge >= 0.3 is 0 Å². The molecule has 1 heterocycles. The van der Waals surface area contributed by atoms with Gasteiger partial charge in [-0.3, -0.25) is 8.98 Å². The van der Waals surface area contributed by atoms with Gasteiger partial charge in [-0.1, -0.05) is 17.7 Å². The fraction of sp³-hybridized carbons (Fsp3) is 0.562. The Labute approximate surface area is 152 Å². The normalized spacial score (nSPS) is 29.3. The van der Waals surface area contributed by atoms with E-state index in [0.717, 1.165) is 5.56 Å². The lowest BCUT2D eigenvalue weighted by molar-refractivity contribution is -0.261. The molecule has 26 heavy (non-hydrogen) atoms. The van der Waals surface area contributed by atoms with Gasteiger partial charge in [-0.05, 0) is 19.1 Å². The van der Waals surface area contributed by atoms with Crippen LogP contribution in [0, 0.1) is 6.92 Å². The summed E-state index contributed by atoms with van der Waals surface area (Å²) in [6, 6.07) is 5.07. The molecule has 0 bridgehead atoms. The summed E-state index contributed by atoms with van der Waals surface area (Å²) in [5.74, 6) is -0.441. The topological polar surface area (TPSA) is 131 Å². The van der Waals surface area contributed by atoms with Gasteiger partial charge < -0.3 is 25.0 Å². The maximum absolute atomic E-state index is 12.2. The van der Waals surface area contributed by atoms with Crippen LogP contribution in [0.3, 0.4) is 0 Å². The fourth-order valence-corrected chi connectivity index (χ4v) is 3.51. The molecule has 9 nitrogen and oxygen atoms in total. The molecule has 10 heteroatoms. The average Bonchev–Trinajstić information content (AvgIpc) is 2.58.